The molecule has 0 saturated carbocycles. The van der Waals surface area contributed by atoms with Gasteiger partial charge in [-0.1, -0.05) is 82.8 Å². The van der Waals surface area contributed by atoms with E-state index in [0.717, 1.165) is 0 Å². The Morgan fingerprint density at radius 2 is 2.00 bits per heavy atom. The van der Waals surface area contributed by atoms with Gasteiger partial charge in [-0.2, -0.15) is 0 Å². The number of benzene rings is 1. The average Bonchev–Trinajstić information content (AvgIpc) is 2.19. The lowest BCUT2D eigenvalue weighted by atomic mass is 9.95. The van der Waals surface area contributed by atoms with E-state index >= 15 is 0 Å². The van der Waals surface area contributed by atoms with E-state index < -0.39 is 2.88 Å². The minimum absolute atomic E-state index is 0.317. The monoisotopic (exact) mass is 315 g/mol. The second kappa shape index (κ2) is 4.07. The van der Waals surface area contributed by atoms with E-state index in [0.29, 0.717) is 5.92 Å². The first kappa shape index (κ1) is 10.2. The van der Waals surface area contributed by atoms with Crippen LogP contribution in [0, 0.1) is 6.08 Å². The highest BCUT2D eigenvalue weighted by Crippen LogP contribution is 2.34. The lowest BCUT2D eigenvalue weighted by molar-refractivity contribution is 1.02. The van der Waals surface area contributed by atoms with E-state index in [1.807, 2.05) is 30.4 Å². The van der Waals surface area contributed by atoms with Gasteiger partial charge in [0, 0.05) is 5.92 Å². The van der Waals surface area contributed by atoms with Crippen molar-refractivity contribution in [2.75, 3.05) is 0 Å². The van der Waals surface area contributed by atoms with Crippen LogP contribution >= 0.6 is 34.2 Å². The van der Waals surface area contributed by atoms with Gasteiger partial charge in [0.15, 0.2) is 0 Å². The van der Waals surface area contributed by atoms with Crippen molar-refractivity contribution in [1.29, 1.82) is 0 Å². The average molecular weight is 316 g/mol. The lowest BCUT2D eigenvalue weighted by Gasteiger charge is -2.18. The van der Waals surface area contributed by atoms with Crippen LogP contribution in [0.3, 0.4) is 0 Å². The van der Waals surface area contributed by atoms with Crippen molar-refractivity contribution in [3.05, 3.63) is 60.2 Å². The topological polar surface area (TPSA) is 0 Å². The third-order valence-corrected chi connectivity index (χ3v) is 3.06. The van der Waals surface area contributed by atoms with Crippen molar-refractivity contribution in [1.82, 2.24) is 0 Å². The smallest absolute Gasteiger partial charge is 0.0978 e. The molecule has 1 aromatic rings. The van der Waals surface area contributed by atoms with Gasteiger partial charge < -0.3 is 0 Å². The van der Waals surface area contributed by atoms with Gasteiger partial charge in [0.2, 0.25) is 0 Å². The highest BCUT2D eigenvalue weighted by molar-refractivity contribution is 14.1. The molecule has 1 aromatic carbocycles. The summed E-state index contributed by atoms with van der Waals surface area (Å²) in [6, 6.07) is 10.3. The molecule has 71 valence electrons. The molecule has 0 saturated heterocycles. The van der Waals surface area contributed by atoms with Crippen LogP contribution < -0.4 is 0 Å². The van der Waals surface area contributed by atoms with Crippen LogP contribution in [0.4, 0.5) is 0 Å². The Bertz CT molecular complexity index is 349. The first-order valence-corrected chi connectivity index (χ1v) is 5.86. The molecule has 0 amide bonds. The first-order chi connectivity index (χ1) is 6.67. The zero-order chi connectivity index (χ0) is 10.0. The molecule has 2 unspecified atom stereocenters. The molecule has 0 bridgehead atoms. The van der Waals surface area contributed by atoms with Crippen molar-refractivity contribution in [2.24, 2.45) is 0 Å². The minimum Gasteiger partial charge on any atom is -0.0978 e. The van der Waals surface area contributed by atoms with E-state index in [1.54, 1.807) is 0 Å². The molecule has 14 heavy (non-hydrogen) atoms. The number of allylic oxidation sites excluding steroid dienone is 4. The van der Waals surface area contributed by atoms with Crippen LogP contribution in [-0.4, -0.2) is 2.88 Å². The van der Waals surface area contributed by atoms with Gasteiger partial charge in [-0.25, -0.2) is 0 Å². The number of halogens is 2. The molecule has 0 aliphatic heterocycles. The zero-order valence-corrected chi connectivity index (χ0v) is 10.4. The van der Waals surface area contributed by atoms with E-state index in [1.165, 1.54) is 5.56 Å². The fourth-order valence-corrected chi connectivity index (χ4v) is 1.93. The number of hydrogen-bond acceptors (Lipinski definition) is 0. The Labute approximate surface area is 103 Å². The van der Waals surface area contributed by atoms with Crippen molar-refractivity contribution >= 4 is 34.2 Å². The molecule has 2 heteroatoms. The molecule has 0 aromatic heterocycles. The molecule has 0 fully saturated rings. The largest absolute Gasteiger partial charge is 0.139 e. The summed E-state index contributed by atoms with van der Waals surface area (Å²) < 4.78 is -0.455. The predicted molar refractivity (Wildman–Crippen MR) is 68.7 cm³/mol. The van der Waals surface area contributed by atoms with Gasteiger partial charge in [-0.15, -0.1) is 0 Å². The second-order valence-electron chi connectivity index (χ2n) is 3.23. The number of hydrogen-bond donors (Lipinski definition) is 0. The van der Waals surface area contributed by atoms with Crippen LogP contribution in [-0.2, 0) is 0 Å². The molecule has 1 aliphatic rings. The van der Waals surface area contributed by atoms with Crippen LogP contribution in [0.2, 0.25) is 0 Å². The molecule has 1 radical (unpaired) electrons. The van der Waals surface area contributed by atoms with E-state index in [4.69, 9.17) is 11.6 Å². The van der Waals surface area contributed by atoms with Crippen LogP contribution in [0.25, 0.3) is 0 Å². The van der Waals surface area contributed by atoms with Crippen molar-refractivity contribution in [2.45, 2.75) is 8.80 Å². The summed E-state index contributed by atoms with van der Waals surface area (Å²) in [4.78, 5) is 0. The van der Waals surface area contributed by atoms with Crippen LogP contribution in [0.1, 0.15) is 11.5 Å². The van der Waals surface area contributed by atoms with Gasteiger partial charge in [0.25, 0.3) is 0 Å². The summed E-state index contributed by atoms with van der Waals surface area (Å²) in [5.74, 6) is 0.317. The molecule has 0 spiro atoms. The third kappa shape index (κ3) is 2.39. The lowest BCUT2D eigenvalue weighted by Crippen LogP contribution is -2.09. The SMILES string of the molecule is ClC1(I)[C]=CC(c2ccccc2)C=C1. The normalized spacial score (nSPS) is 30.6. The van der Waals surface area contributed by atoms with Gasteiger partial charge in [0.05, 0.1) is 0 Å². The zero-order valence-electron chi connectivity index (χ0n) is 7.45. The third-order valence-electron chi connectivity index (χ3n) is 2.15. The maximum Gasteiger partial charge on any atom is 0.139 e. The molecule has 1 aliphatic carbocycles. The highest BCUT2D eigenvalue weighted by atomic mass is 127. The Morgan fingerprint density at radius 3 is 2.57 bits per heavy atom. The van der Waals surface area contributed by atoms with Crippen molar-refractivity contribution in [3.8, 4) is 0 Å². The summed E-state index contributed by atoms with van der Waals surface area (Å²) in [6.45, 7) is 0. The van der Waals surface area contributed by atoms with Gasteiger partial charge in [-0.05, 0) is 11.6 Å². The maximum absolute atomic E-state index is 6.08. The molecule has 2 rings (SSSR count). The first-order valence-electron chi connectivity index (χ1n) is 4.40. The van der Waals surface area contributed by atoms with Gasteiger partial charge in [-0.3, -0.25) is 0 Å². The maximum atomic E-state index is 6.08. The molecule has 0 heterocycles. The van der Waals surface area contributed by atoms with Crippen molar-refractivity contribution < 1.29 is 0 Å². The van der Waals surface area contributed by atoms with E-state index in [9.17, 15) is 0 Å². The van der Waals surface area contributed by atoms with Gasteiger partial charge in [0.1, 0.15) is 2.88 Å². The van der Waals surface area contributed by atoms with Crippen molar-refractivity contribution in [3.63, 3.8) is 0 Å². The highest BCUT2D eigenvalue weighted by Gasteiger charge is 2.20. The van der Waals surface area contributed by atoms with Crippen LogP contribution in [0.5, 0.6) is 0 Å². The minimum atomic E-state index is -0.455. The molecule has 0 nitrogen and oxygen atoms in total. The van der Waals surface area contributed by atoms with E-state index in [2.05, 4.69) is 46.9 Å². The second-order valence-corrected chi connectivity index (χ2v) is 6.16. The summed E-state index contributed by atoms with van der Waals surface area (Å²) in [5.41, 5.74) is 1.28. The number of alkyl halides is 2. The quantitative estimate of drug-likeness (QED) is 0.416. The fraction of sp³-hybridized carbons (Fsp3) is 0.167. The summed E-state index contributed by atoms with van der Waals surface area (Å²) in [7, 11) is 0. The fourth-order valence-electron chi connectivity index (χ4n) is 1.41. The predicted octanol–water partition coefficient (Wildman–Crippen LogP) is 4.07. The number of rotatable bonds is 1. The molecular weight excluding hydrogens is 306 g/mol. The summed E-state index contributed by atoms with van der Waals surface area (Å²) in [5, 5.41) is 0. The Balaban J connectivity index is 2.22. The standard InChI is InChI=1S/C12H9ClI/c13-12(14)8-6-11(7-9-12)10-4-2-1-3-5-10/h1-8,11H. The van der Waals surface area contributed by atoms with E-state index in [-0.39, 0.29) is 0 Å². The molecule has 2 atom stereocenters. The van der Waals surface area contributed by atoms with Crippen LogP contribution in [0.15, 0.2) is 48.6 Å². The Hall–Kier alpha value is -0.280. The van der Waals surface area contributed by atoms with Gasteiger partial charge >= 0.3 is 0 Å². The summed E-state index contributed by atoms with van der Waals surface area (Å²) >= 11 is 8.24. The summed E-state index contributed by atoms with van der Waals surface area (Å²) in [6.07, 6.45) is 9.27. The molecular formula is C12H9ClI. The Morgan fingerprint density at radius 1 is 1.29 bits per heavy atom. The Kier molecular flexibility index (Phi) is 2.98. The molecule has 0 N–H and O–H groups in total.